The highest BCUT2D eigenvalue weighted by Gasteiger charge is 2.02. The molecule has 0 saturated carbocycles. The van der Waals surface area contributed by atoms with Gasteiger partial charge in [0.2, 0.25) is 5.91 Å². The summed E-state index contributed by atoms with van der Waals surface area (Å²) >= 11 is 1.78. The molecule has 1 amide bonds. The second kappa shape index (κ2) is 8.14. The van der Waals surface area contributed by atoms with E-state index in [9.17, 15) is 4.79 Å². The van der Waals surface area contributed by atoms with E-state index < -0.39 is 0 Å². The molecule has 0 aliphatic heterocycles. The van der Waals surface area contributed by atoms with Crippen molar-refractivity contribution in [1.82, 2.24) is 5.32 Å². The van der Waals surface area contributed by atoms with Crippen molar-refractivity contribution in [2.75, 3.05) is 24.7 Å². The van der Waals surface area contributed by atoms with Crippen molar-refractivity contribution in [2.24, 2.45) is 0 Å². The van der Waals surface area contributed by atoms with Gasteiger partial charge in [0.05, 0.1) is 0 Å². The molecule has 94 valence electrons. The summed E-state index contributed by atoms with van der Waals surface area (Å²) in [7, 11) is 1.89. The number of anilines is 1. The van der Waals surface area contributed by atoms with Crippen molar-refractivity contribution in [3.05, 3.63) is 24.3 Å². The van der Waals surface area contributed by atoms with Crippen LogP contribution in [0.15, 0.2) is 29.2 Å². The van der Waals surface area contributed by atoms with Gasteiger partial charge in [0.25, 0.3) is 0 Å². The van der Waals surface area contributed by atoms with Gasteiger partial charge in [-0.15, -0.1) is 11.8 Å². The third-order valence-electron chi connectivity index (χ3n) is 2.26. The Labute approximate surface area is 107 Å². The molecular weight excluding hydrogens is 232 g/mol. The first kappa shape index (κ1) is 14.1. The molecule has 0 heterocycles. The molecule has 0 aromatic heterocycles. The standard InChI is InChI=1S/C13H20N2OS/c1-3-17-12-7-4-6-11(10-12)15-13(16)8-5-9-14-2/h4,6-7,10,14H,3,5,8-9H2,1-2H3,(H,15,16). The lowest BCUT2D eigenvalue weighted by Gasteiger charge is -2.06. The van der Waals surface area contributed by atoms with Crippen molar-refractivity contribution in [1.29, 1.82) is 0 Å². The maximum atomic E-state index is 11.6. The predicted octanol–water partition coefficient (Wildman–Crippen LogP) is 2.74. The molecular formula is C13H20N2OS. The number of nitrogens with one attached hydrogen (secondary N) is 2. The van der Waals surface area contributed by atoms with Crippen LogP contribution in [0.3, 0.4) is 0 Å². The zero-order valence-corrected chi connectivity index (χ0v) is 11.3. The maximum Gasteiger partial charge on any atom is 0.224 e. The molecule has 0 aliphatic carbocycles. The van der Waals surface area contributed by atoms with Gasteiger partial charge in [-0.3, -0.25) is 4.79 Å². The van der Waals surface area contributed by atoms with Gasteiger partial charge in [-0.05, 0) is 44.0 Å². The van der Waals surface area contributed by atoms with E-state index in [4.69, 9.17) is 0 Å². The van der Waals surface area contributed by atoms with Crippen LogP contribution in [0.1, 0.15) is 19.8 Å². The van der Waals surface area contributed by atoms with Crippen LogP contribution in [-0.4, -0.2) is 25.3 Å². The molecule has 0 fully saturated rings. The van der Waals surface area contributed by atoms with E-state index in [0.717, 1.165) is 24.4 Å². The highest BCUT2D eigenvalue weighted by Crippen LogP contribution is 2.21. The van der Waals surface area contributed by atoms with E-state index in [2.05, 4.69) is 23.6 Å². The maximum absolute atomic E-state index is 11.6. The Hall–Kier alpha value is -1.00. The predicted molar refractivity (Wildman–Crippen MR) is 74.6 cm³/mol. The molecule has 0 bridgehead atoms. The summed E-state index contributed by atoms with van der Waals surface area (Å²) in [5.41, 5.74) is 0.887. The lowest BCUT2D eigenvalue weighted by Crippen LogP contribution is -2.15. The average molecular weight is 252 g/mol. The topological polar surface area (TPSA) is 41.1 Å². The van der Waals surface area contributed by atoms with Gasteiger partial charge in [0.15, 0.2) is 0 Å². The van der Waals surface area contributed by atoms with Crippen LogP contribution in [0.5, 0.6) is 0 Å². The molecule has 1 rings (SSSR count). The summed E-state index contributed by atoms with van der Waals surface area (Å²) in [6.45, 7) is 2.99. The summed E-state index contributed by atoms with van der Waals surface area (Å²) in [6.07, 6.45) is 1.43. The fourth-order valence-corrected chi connectivity index (χ4v) is 2.20. The summed E-state index contributed by atoms with van der Waals surface area (Å²) in [5.74, 6) is 1.12. The first-order chi connectivity index (χ1) is 8.26. The fourth-order valence-electron chi connectivity index (χ4n) is 1.48. The molecule has 0 unspecified atom stereocenters. The number of amides is 1. The Balaban J connectivity index is 2.44. The number of hydrogen-bond donors (Lipinski definition) is 2. The van der Waals surface area contributed by atoms with Crippen molar-refractivity contribution in [3.8, 4) is 0 Å². The van der Waals surface area contributed by atoms with Gasteiger partial charge in [-0.25, -0.2) is 0 Å². The number of carbonyl (C=O) groups is 1. The average Bonchev–Trinajstić information content (AvgIpc) is 2.30. The number of thioether (sulfide) groups is 1. The second-order valence-corrected chi connectivity index (χ2v) is 5.05. The molecule has 2 N–H and O–H groups in total. The highest BCUT2D eigenvalue weighted by atomic mass is 32.2. The Bertz CT molecular complexity index is 355. The molecule has 0 atom stereocenters. The number of hydrogen-bond acceptors (Lipinski definition) is 3. The van der Waals surface area contributed by atoms with Crippen molar-refractivity contribution >= 4 is 23.4 Å². The van der Waals surface area contributed by atoms with Gasteiger partial charge < -0.3 is 10.6 Å². The normalized spacial score (nSPS) is 10.2. The zero-order valence-electron chi connectivity index (χ0n) is 10.5. The Morgan fingerprint density at radius 1 is 1.41 bits per heavy atom. The molecule has 0 aliphatic rings. The van der Waals surface area contributed by atoms with E-state index in [0.29, 0.717) is 6.42 Å². The van der Waals surface area contributed by atoms with E-state index in [1.807, 2.05) is 25.2 Å². The summed E-state index contributed by atoms with van der Waals surface area (Å²) < 4.78 is 0. The largest absolute Gasteiger partial charge is 0.326 e. The molecule has 0 spiro atoms. The molecule has 17 heavy (non-hydrogen) atoms. The van der Waals surface area contributed by atoms with Gasteiger partial charge in [-0.1, -0.05) is 13.0 Å². The van der Waals surface area contributed by atoms with Crippen LogP contribution in [0.4, 0.5) is 5.69 Å². The summed E-state index contributed by atoms with van der Waals surface area (Å²) in [4.78, 5) is 12.8. The zero-order chi connectivity index (χ0) is 12.5. The Kier molecular flexibility index (Phi) is 6.74. The monoisotopic (exact) mass is 252 g/mol. The minimum Gasteiger partial charge on any atom is -0.326 e. The minimum atomic E-state index is 0.0823. The van der Waals surface area contributed by atoms with Crippen LogP contribution < -0.4 is 10.6 Å². The lowest BCUT2D eigenvalue weighted by molar-refractivity contribution is -0.116. The Morgan fingerprint density at radius 2 is 2.24 bits per heavy atom. The Morgan fingerprint density at radius 3 is 2.94 bits per heavy atom. The van der Waals surface area contributed by atoms with Crippen molar-refractivity contribution < 1.29 is 4.79 Å². The molecule has 1 aromatic carbocycles. The van der Waals surface area contributed by atoms with Crippen molar-refractivity contribution in [3.63, 3.8) is 0 Å². The number of carbonyl (C=O) groups excluding carboxylic acids is 1. The fraction of sp³-hybridized carbons (Fsp3) is 0.462. The van der Waals surface area contributed by atoms with Crippen molar-refractivity contribution in [2.45, 2.75) is 24.7 Å². The molecule has 1 aromatic rings. The third-order valence-corrected chi connectivity index (χ3v) is 3.14. The number of benzene rings is 1. The molecule has 4 heteroatoms. The van der Waals surface area contributed by atoms with Gasteiger partial charge in [0.1, 0.15) is 0 Å². The smallest absolute Gasteiger partial charge is 0.224 e. The van der Waals surface area contributed by atoms with E-state index in [1.54, 1.807) is 11.8 Å². The van der Waals surface area contributed by atoms with Gasteiger partial charge in [0, 0.05) is 17.0 Å². The summed E-state index contributed by atoms with van der Waals surface area (Å²) in [6, 6.07) is 7.98. The second-order valence-electron chi connectivity index (χ2n) is 3.72. The van der Waals surface area contributed by atoms with Crippen LogP contribution in [-0.2, 0) is 4.79 Å². The van der Waals surface area contributed by atoms with Gasteiger partial charge in [-0.2, -0.15) is 0 Å². The van der Waals surface area contributed by atoms with E-state index >= 15 is 0 Å². The number of rotatable bonds is 7. The summed E-state index contributed by atoms with van der Waals surface area (Å²) in [5, 5.41) is 5.95. The third kappa shape index (κ3) is 5.75. The molecule has 0 radical (unpaired) electrons. The quantitative estimate of drug-likeness (QED) is 0.579. The highest BCUT2D eigenvalue weighted by molar-refractivity contribution is 7.99. The van der Waals surface area contributed by atoms with Crippen LogP contribution in [0, 0.1) is 0 Å². The van der Waals surface area contributed by atoms with Crippen LogP contribution in [0.25, 0.3) is 0 Å². The van der Waals surface area contributed by atoms with E-state index in [1.165, 1.54) is 4.90 Å². The van der Waals surface area contributed by atoms with E-state index in [-0.39, 0.29) is 5.91 Å². The first-order valence-electron chi connectivity index (χ1n) is 5.93. The molecule has 3 nitrogen and oxygen atoms in total. The van der Waals surface area contributed by atoms with Crippen LogP contribution >= 0.6 is 11.8 Å². The minimum absolute atomic E-state index is 0.0823. The SMILES string of the molecule is CCSc1cccc(NC(=O)CCCNC)c1. The molecule has 0 saturated heterocycles. The van der Waals surface area contributed by atoms with Gasteiger partial charge >= 0.3 is 0 Å². The lowest BCUT2D eigenvalue weighted by atomic mass is 10.2. The first-order valence-corrected chi connectivity index (χ1v) is 6.92. The van der Waals surface area contributed by atoms with Crippen LogP contribution in [0.2, 0.25) is 0 Å².